The van der Waals surface area contributed by atoms with Gasteiger partial charge in [-0.25, -0.2) is 4.98 Å². The molecule has 96 valence electrons. The molecule has 1 N–H and O–H groups in total. The van der Waals surface area contributed by atoms with Crippen LogP contribution >= 0.6 is 11.6 Å². The van der Waals surface area contributed by atoms with Crippen LogP contribution in [-0.4, -0.2) is 10.1 Å². The number of hydrogen-bond donors (Lipinski definition) is 1. The quantitative estimate of drug-likeness (QED) is 0.790. The molecule has 0 fully saturated rings. The number of benzene rings is 2. The predicted molar refractivity (Wildman–Crippen MR) is 71.5 cm³/mol. The summed E-state index contributed by atoms with van der Waals surface area (Å²) < 4.78 is 11.0. The Labute approximate surface area is 114 Å². The summed E-state index contributed by atoms with van der Waals surface area (Å²) in [6.07, 6.45) is 0. The largest absolute Gasteiger partial charge is 0.508 e. The van der Waals surface area contributed by atoms with E-state index >= 15 is 0 Å². The Morgan fingerprint density at radius 3 is 2.74 bits per heavy atom. The summed E-state index contributed by atoms with van der Waals surface area (Å²) in [6.45, 7) is 0.219. The highest BCUT2D eigenvalue weighted by Gasteiger charge is 2.07. The Morgan fingerprint density at radius 2 is 1.95 bits per heavy atom. The molecule has 2 aromatic carbocycles. The molecule has 3 rings (SSSR count). The fraction of sp³-hybridized carbons (Fsp3) is 0.0714. The first-order chi connectivity index (χ1) is 9.20. The van der Waals surface area contributed by atoms with Crippen LogP contribution in [0.4, 0.5) is 0 Å². The SMILES string of the molecule is Oc1ccc2nc(COc3ccc(Cl)cc3)oc2c1. The van der Waals surface area contributed by atoms with Crippen LogP contribution in [0.25, 0.3) is 11.1 Å². The average Bonchev–Trinajstić information content (AvgIpc) is 2.80. The zero-order valence-electron chi connectivity index (χ0n) is 9.84. The fourth-order valence-electron chi connectivity index (χ4n) is 1.70. The highest BCUT2D eigenvalue weighted by molar-refractivity contribution is 6.30. The standard InChI is InChI=1S/C14H10ClNO3/c15-9-1-4-11(5-2-9)18-8-14-16-12-6-3-10(17)7-13(12)19-14/h1-7,17H,8H2. The smallest absolute Gasteiger partial charge is 0.233 e. The van der Waals surface area contributed by atoms with Gasteiger partial charge in [0.2, 0.25) is 5.89 Å². The van der Waals surface area contributed by atoms with E-state index in [4.69, 9.17) is 20.8 Å². The summed E-state index contributed by atoms with van der Waals surface area (Å²) in [7, 11) is 0. The lowest BCUT2D eigenvalue weighted by atomic mass is 10.3. The lowest BCUT2D eigenvalue weighted by Gasteiger charge is -2.02. The zero-order chi connectivity index (χ0) is 13.2. The maximum atomic E-state index is 9.34. The van der Waals surface area contributed by atoms with E-state index in [2.05, 4.69) is 4.98 Å². The molecule has 5 heteroatoms. The third-order valence-corrected chi connectivity index (χ3v) is 2.84. The van der Waals surface area contributed by atoms with Crippen LogP contribution in [0.3, 0.4) is 0 Å². The first-order valence-electron chi connectivity index (χ1n) is 5.67. The number of fused-ring (bicyclic) bond motifs is 1. The molecule has 3 aromatic rings. The van der Waals surface area contributed by atoms with Gasteiger partial charge in [-0.15, -0.1) is 0 Å². The van der Waals surface area contributed by atoms with E-state index in [1.54, 1.807) is 36.4 Å². The van der Waals surface area contributed by atoms with Crippen LogP contribution in [0, 0.1) is 0 Å². The number of rotatable bonds is 3. The summed E-state index contributed by atoms with van der Waals surface area (Å²) in [4.78, 5) is 4.26. The van der Waals surface area contributed by atoms with Crippen LogP contribution in [-0.2, 0) is 6.61 Å². The van der Waals surface area contributed by atoms with Gasteiger partial charge in [-0.2, -0.15) is 0 Å². The molecule has 0 saturated heterocycles. The number of nitrogens with zero attached hydrogens (tertiary/aromatic N) is 1. The van der Waals surface area contributed by atoms with E-state index in [0.717, 1.165) is 0 Å². The minimum absolute atomic E-state index is 0.147. The average molecular weight is 276 g/mol. The number of aromatic hydroxyl groups is 1. The molecule has 0 atom stereocenters. The van der Waals surface area contributed by atoms with Crippen molar-refractivity contribution in [2.24, 2.45) is 0 Å². The molecule has 0 bridgehead atoms. The monoisotopic (exact) mass is 275 g/mol. The second-order valence-corrected chi connectivity index (χ2v) is 4.44. The van der Waals surface area contributed by atoms with Gasteiger partial charge < -0.3 is 14.3 Å². The third-order valence-electron chi connectivity index (χ3n) is 2.59. The Hall–Kier alpha value is -2.20. The van der Waals surface area contributed by atoms with Crippen LogP contribution in [0.2, 0.25) is 5.02 Å². The molecule has 0 radical (unpaired) electrons. The summed E-state index contributed by atoms with van der Waals surface area (Å²) in [5.74, 6) is 1.29. The Morgan fingerprint density at radius 1 is 1.16 bits per heavy atom. The Bertz CT molecular complexity index is 706. The van der Waals surface area contributed by atoms with Crippen molar-refractivity contribution >= 4 is 22.7 Å². The van der Waals surface area contributed by atoms with E-state index in [-0.39, 0.29) is 12.4 Å². The summed E-state index contributed by atoms with van der Waals surface area (Å²) >= 11 is 5.79. The lowest BCUT2D eigenvalue weighted by molar-refractivity contribution is 0.267. The van der Waals surface area contributed by atoms with Crippen LogP contribution in [0.15, 0.2) is 46.9 Å². The molecule has 0 spiro atoms. The first kappa shape index (κ1) is 11.9. The van der Waals surface area contributed by atoms with Crippen molar-refractivity contribution in [1.29, 1.82) is 0 Å². The van der Waals surface area contributed by atoms with Crippen molar-refractivity contribution in [2.75, 3.05) is 0 Å². The predicted octanol–water partition coefficient (Wildman–Crippen LogP) is 3.77. The number of ether oxygens (including phenoxy) is 1. The van der Waals surface area contributed by atoms with Gasteiger partial charge in [0.1, 0.15) is 17.0 Å². The first-order valence-corrected chi connectivity index (χ1v) is 6.05. The summed E-state index contributed by atoms with van der Waals surface area (Å²) in [5.41, 5.74) is 1.22. The van der Waals surface area contributed by atoms with E-state index in [0.29, 0.717) is 27.8 Å². The van der Waals surface area contributed by atoms with Crippen LogP contribution in [0.1, 0.15) is 5.89 Å². The number of phenols is 1. The highest BCUT2D eigenvalue weighted by Crippen LogP contribution is 2.22. The van der Waals surface area contributed by atoms with Crippen molar-refractivity contribution in [3.05, 3.63) is 53.4 Å². The van der Waals surface area contributed by atoms with Gasteiger partial charge in [0.15, 0.2) is 12.2 Å². The summed E-state index contributed by atoms with van der Waals surface area (Å²) in [5, 5.41) is 10.00. The molecular weight excluding hydrogens is 266 g/mol. The minimum Gasteiger partial charge on any atom is -0.508 e. The molecule has 0 aliphatic heterocycles. The maximum Gasteiger partial charge on any atom is 0.233 e. The van der Waals surface area contributed by atoms with Gasteiger partial charge in [0.05, 0.1) is 0 Å². The Balaban J connectivity index is 1.76. The number of oxazole rings is 1. The van der Waals surface area contributed by atoms with Gasteiger partial charge in [0.25, 0.3) is 0 Å². The minimum atomic E-state index is 0.147. The third kappa shape index (κ3) is 2.63. The van der Waals surface area contributed by atoms with E-state index in [1.807, 2.05) is 0 Å². The van der Waals surface area contributed by atoms with Crippen molar-refractivity contribution in [2.45, 2.75) is 6.61 Å². The zero-order valence-corrected chi connectivity index (χ0v) is 10.6. The highest BCUT2D eigenvalue weighted by atomic mass is 35.5. The molecule has 0 saturated carbocycles. The molecule has 19 heavy (non-hydrogen) atoms. The maximum absolute atomic E-state index is 9.34. The number of hydrogen-bond acceptors (Lipinski definition) is 4. The van der Waals surface area contributed by atoms with Crippen molar-refractivity contribution in [3.63, 3.8) is 0 Å². The lowest BCUT2D eigenvalue weighted by Crippen LogP contribution is -1.94. The van der Waals surface area contributed by atoms with Crippen LogP contribution < -0.4 is 4.74 Å². The van der Waals surface area contributed by atoms with Crippen molar-refractivity contribution in [3.8, 4) is 11.5 Å². The molecule has 0 aliphatic rings. The molecule has 0 amide bonds. The van der Waals surface area contributed by atoms with Gasteiger partial charge in [-0.05, 0) is 36.4 Å². The molecule has 0 aliphatic carbocycles. The normalized spacial score (nSPS) is 10.8. The second-order valence-electron chi connectivity index (χ2n) is 4.00. The number of aromatic nitrogens is 1. The molecule has 1 heterocycles. The van der Waals surface area contributed by atoms with E-state index in [1.165, 1.54) is 6.07 Å². The van der Waals surface area contributed by atoms with E-state index < -0.39 is 0 Å². The molecule has 1 aromatic heterocycles. The molecular formula is C14H10ClNO3. The van der Waals surface area contributed by atoms with Gasteiger partial charge in [-0.3, -0.25) is 0 Å². The van der Waals surface area contributed by atoms with Gasteiger partial charge >= 0.3 is 0 Å². The second kappa shape index (κ2) is 4.82. The van der Waals surface area contributed by atoms with Crippen molar-refractivity contribution in [1.82, 2.24) is 4.98 Å². The fourth-order valence-corrected chi connectivity index (χ4v) is 1.82. The number of phenolic OH excluding ortho intramolecular Hbond substituents is 1. The van der Waals surface area contributed by atoms with E-state index in [9.17, 15) is 5.11 Å². The van der Waals surface area contributed by atoms with Gasteiger partial charge in [0, 0.05) is 11.1 Å². The van der Waals surface area contributed by atoms with Crippen LogP contribution in [0.5, 0.6) is 11.5 Å². The number of halogens is 1. The van der Waals surface area contributed by atoms with Gasteiger partial charge in [-0.1, -0.05) is 11.6 Å². The molecule has 4 nitrogen and oxygen atoms in total. The Kier molecular flexibility index (Phi) is 3.01. The summed E-state index contributed by atoms with van der Waals surface area (Å²) in [6, 6.07) is 11.8. The molecule has 0 unspecified atom stereocenters. The topological polar surface area (TPSA) is 55.5 Å². The van der Waals surface area contributed by atoms with Crippen molar-refractivity contribution < 1.29 is 14.3 Å².